The van der Waals surface area contributed by atoms with Gasteiger partial charge in [-0.25, -0.2) is 0 Å². The molecule has 0 fully saturated rings. The van der Waals surface area contributed by atoms with Crippen LogP contribution in [0, 0.1) is 6.92 Å². The molecule has 0 amide bonds. The third-order valence-electron chi connectivity index (χ3n) is 2.66. The first kappa shape index (κ1) is 13.7. The lowest BCUT2D eigenvalue weighted by atomic mass is 10.1. The van der Waals surface area contributed by atoms with E-state index >= 15 is 0 Å². The highest BCUT2D eigenvalue weighted by Crippen LogP contribution is 2.16. The molecule has 0 bridgehead atoms. The zero-order valence-electron chi connectivity index (χ0n) is 10.1. The van der Waals surface area contributed by atoms with Crippen LogP contribution >= 0.6 is 15.9 Å². The number of halogens is 1. The van der Waals surface area contributed by atoms with Crippen LogP contribution in [-0.2, 0) is 6.42 Å². The Bertz CT molecular complexity index is 324. The van der Waals surface area contributed by atoms with E-state index in [1.807, 2.05) is 6.92 Å². The lowest BCUT2D eigenvalue weighted by Crippen LogP contribution is -2.25. The Morgan fingerprint density at radius 2 is 2.12 bits per heavy atom. The second-order valence-corrected chi connectivity index (χ2v) is 5.25. The fraction of sp³-hybridized carbons (Fsp3) is 0.538. The fourth-order valence-electron chi connectivity index (χ4n) is 1.59. The van der Waals surface area contributed by atoms with Crippen LogP contribution in [0.15, 0.2) is 22.7 Å². The number of hydrogen-bond acceptors (Lipinski definition) is 2. The topological polar surface area (TPSA) is 38.0 Å². The second kappa shape index (κ2) is 7.05. The van der Waals surface area contributed by atoms with E-state index in [0.29, 0.717) is 6.04 Å². The molecular weight excluding hydrogens is 264 g/mol. The Morgan fingerprint density at radius 3 is 2.81 bits per heavy atom. The Hall–Kier alpha value is -0.380. The van der Waals surface area contributed by atoms with Gasteiger partial charge in [0.1, 0.15) is 0 Å². The van der Waals surface area contributed by atoms with Crippen molar-refractivity contribution in [3.8, 4) is 0 Å². The molecule has 90 valence electrons. The molecule has 0 aliphatic rings. The van der Waals surface area contributed by atoms with Crippen LogP contribution in [0.4, 0.5) is 0 Å². The van der Waals surface area contributed by atoms with Gasteiger partial charge < -0.3 is 11.1 Å². The van der Waals surface area contributed by atoms with Gasteiger partial charge in [0.25, 0.3) is 0 Å². The molecule has 0 saturated heterocycles. The van der Waals surface area contributed by atoms with Gasteiger partial charge in [0.2, 0.25) is 0 Å². The third kappa shape index (κ3) is 5.10. The van der Waals surface area contributed by atoms with Crippen molar-refractivity contribution < 1.29 is 0 Å². The molecule has 2 nitrogen and oxygen atoms in total. The molecule has 1 aromatic rings. The Labute approximate surface area is 107 Å². The summed E-state index contributed by atoms with van der Waals surface area (Å²) in [4.78, 5) is 0. The smallest absolute Gasteiger partial charge is 0.0178 e. The van der Waals surface area contributed by atoms with Gasteiger partial charge in [0, 0.05) is 10.5 Å². The molecule has 1 rings (SSSR count). The molecule has 0 radical (unpaired) electrons. The van der Waals surface area contributed by atoms with Crippen LogP contribution < -0.4 is 11.1 Å². The van der Waals surface area contributed by atoms with Crippen LogP contribution in [0.5, 0.6) is 0 Å². The molecule has 0 aromatic heterocycles. The minimum absolute atomic E-state index is 0.292. The summed E-state index contributed by atoms with van der Waals surface area (Å²) in [5.74, 6) is 0. The average Bonchev–Trinajstić information content (AvgIpc) is 2.22. The molecule has 0 aliphatic carbocycles. The highest BCUT2D eigenvalue weighted by Gasteiger charge is 1.99. The molecule has 16 heavy (non-hydrogen) atoms. The highest BCUT2D eigenvalue weighted by molar-refractivity contribution is 9.10. The summed E-state index contributed by atoms with van der Waals surface area (Å²) in [5, 5.41) is 3.42. The van der Waals surface area contributed by atoms with E-state index in [4.69, 9.17) is 5.73 Å². The van der Waals surface area contributed by atoms with E-state index < -0.39 is 0 Å². The maximum Gasteiger partial charge on any atom is 0.0178 e. The van der Waals surface area contributed by atoms with E-state index in [1.54, 1.807) is 0 Å². The van der Waals surface area contributed by atoms with Gasteiger partial charge >= 0.3 is 0 Å². The molecule has 3 N–H and O–H groups in total. The summed E-state index contributed by atoms with van der Waals surface area (Å²) < 4.78 is 1.16. The summed E-state index contributed by atoms with van der Waals surface area (Å²) >= 11 is 3.50. The number of benzene rings is 1. The molecular formula is C13H21BrN2. The Morgan fingerprint density at radius 1 is 1.38 bits per heavy atom. The van der Waals surface area contributed by atoms with Gasteiger partial charge in [-0.1, -0.05) is 22.0 Å². The molecule has 1 aromatic carbocycles. The lowest BCUT2D eigenvalue weighted by Gasteiger charge is -2.09. The van der Waals surface area contributed by atoms with Crippen molar-refractivity contribution in [1.82, 2.24) is 5.32 Å². The number of hydrogen-bond donors (Lipinski definition) is 2. The van der Waals surface area contributed by atoms with Crippen LogP contribution in [0.1, 0.15) is 24.5 Å². The van der Waals surface area contributed by atoms with Crippen LogP contribution in [0.3, 0.4) is 0 Å². The van der Waals surface area contributed by atoms with E-state index in [9.17, 15) is 0 Å². The highest BCUT2D eigenvalue weighted by atomic mass is 79.9. The lowest BCUT2D eigenvalue weighted by molar-refractivity contribution is 0.589. The van der Waals surface area contributed by atoms with Crippen molar-refractivity contribution in [1.29, 1.82) is 0 Å². The van der Waals surface area contributed by atoms with Gasteiger partial charge in [0.05, 0.1) is 0 Å². The maximum atomic E-state index is 5.68. The Kier molecular flexibility index (Phi) is 6.03. The van der Waals surface area contributed by atoms with Gasteiger partial charge in [-0.05, 0) is 63.0 Å². The van der Waals surface area contributed by atoms with E-state index in [-0.39, 0.29) is 0 Å². The number of rotatable bonds is 6. The SMILES string of the molecule is Cc1ccc(Br)cc1CCNCCC(C)N. The molecule has 0 heterocycles. The first-order valence-electron chi connectivity index (χ1n) is 5.81. The normalized spacial score (nSPS) is 12.8. The van der Waals surface area contributed by atoms with Gasteiger partial charge in [-0.15, -0.1) is 0 Å². The molecule has 1 unspecified atom stereocenters. The molecule has 3 heteroatoms. The summed E-state index contributed by atoms with van der Waals surface area (Å²) in [6.07, 6.45) is 2.11. The van der Waals surface area contributed by atoms with Crippen molar-refractivity contribution in [3.63, 3.8) is 0 Å². The van der Waals surface area contributed by atoms with Crippen molar-refractivity contribution in [2.45, 2.75) is 32.7 Å². The monoisotopic (exact) mass is 284 g/mol. The number of nitrogens with one attached hydrogen (secondary N) is 1. The zero-order chi connectivity index (χ0) is 12.0. The van der Waals surface area contributed by atoms with Crippen molar-refractivity contribution in [3.05, 3.63) is 33.8 Å². The van der Waals surface area contributed by atoms with Crippen LogP contribution in [-0.4, -0.2) is 19.1 Å². The fourth-order valence-corrected chi connectivity index (χ4v) is 2.00. The van der Waals surface area contributed by atoms with Gasteiger partial charge in [0.15, 0.2) is 0 Å². The van der Waals surface area contributed by atoms with Crippen LogP contribution in [0.25, 0.3) is 0 Å². The van der Waals surface area contributed by atoms with Gasteiger partial charge in [-0.3, -0.25) is 0 Å². The summed E-state index contributed by atoms with van der Waals surface area (Å²) in [6, 6.07) is 6.73. The molecule has 0 aliphatic heterocycles. The summed E-state index contributed by atoms with van der Waals surface area (Å²) in [5.41, 5.74) is 8.45. The number of aryl methyl sites for hydroxylation is 1. The summed E-state index contributed by atoms with van der Waals surface area (Å²) in [7, 11) is 0. The molecule has 0 saturated carbocycles. The minimum atomic E-state index is 0.292. The van der Waals surface area contributed by atoms with Crippen molar-refractivity contribution in [2.75, 3.05) is 13.1 Å². The van der Waals surface area contributed by atoms with Crippen LogP contribution in [0.2, 0.25) is 0 Å². The van der Waals surface area contributed by atoms with E-state index in [0.717, 1.165) is 30.4 Å². The van der Waals surface area contributed by atoms with E-state index in [2.05, 4.69) is 46.4 Å². The standard InChI is InChI=1S/C13H21BrN2/c1-10-3-4-13(14)9-12(10)6-8-16-7-5-11(2)15/h3-4,9,11,16H,5-8,15H2,1-2H3. The predicted octanol–water partition coefficient (Wildman–Crippen LogP) is 2.63. The predicted molar refractivity (Wildman–Crippen MR) is 73.7 cm³/mol. The third-order valence-corrected chi connectivity index (χ3v) is 3.15. The van der Waals surface area contributed by atoms with E-state index in [1.165, 1.54) is 11.1 Å². The van der Waals surface area contributed by atoms with Gasteiger partial charge in [-0.2, -0.15) is 0 Å². The first-order chi connectivity index (χ1) is 7.59. The number of nitrogens with two attached hydrogens (primary N) is 1. The van der Waals surface area contributed by atoms with Crippen molar-refractivity contribution >= 4 is 15.9 Å². The minimum Gasteiger partial charge on any atom is -0.328 e. The van der Waals surface area contributed by atoms with Crippen molar-refractivity contribution in [2.24, 2.45) is 5.73 Å². The molecule has 1 atom stereocenters. The largest absolute Gasteiger partial charge is 0.328 e. The average molecular weight is 285 g/mol. The first-order valence-corrected chi connectivity index (χ1v) is 6.60. The quantitative estimate of drug-likeness (QED) is 0.789. The molecule has 0 spiro atoms. The second-order valence-electron chi connectivity index (χ2n) is 4.34. The zero-order valence-corrected chi connectivity index (χ0v) is 11.7. The maximum absolute atomic E-state index is 5.68. The Balaban J connectivity index is 2.29. The summed E-state index contributed by atoms with van der Waals surface area (Å²) in [6.45, 7) is 6.22.